The molecule has 0 aliphatic heterocycles. The molecule has 0 atom stereocenters. The van der Waals surface area contributed by atoms with Gasteiger partial charge in [-0.25, -0.2) is 0 Å². The van der Waals surface area contributed by atoms with Gasteiger partial charge in [0.1, 0.15) is 0 Å². The summed E-state index contributed by atoms with van der Waals surface area (Å²) < 4.78 is 1.74. The first kappa shape index (κ1) is 7.22. The van der Waals surface area contributed by atoms with E-state index in [2.05, 4.69) is 6.92 Å². The Morgan fingerprint density at radius 2 is 2.10 bits per heavy atom. The molecule has 0 amide bonds. The fourth-order valence-corrected chi connectivity index (χ4v) is 0.821. The SMILES string of the molecule is Cc1cc[n+](CO)cc1C. The van der Waals surface area contributed by atoms with Gasteiger partial charge in [-0.05, 0) is 19.4 Å². The molecule has 0 aromatic carbocycles. The number of nitrogens with zero attached hydrogens (tertiary/aromatic N) is 1. The lowest BCUT2D eigenvalue weighted by molar-refractivity contribution is -0.730. The first-order chi connectivity index (χ1) is 4.74. The van der Waals surface area contributed by atoms with Crippen molar-refractivity contribution < 1.29 is 9.67 Å². The largest absolute Gasteiger partial charge is 0.339 e. The summed E-state index contributed by atoms with van der Waals surface area (Å²) in [5.74, 6) is 0. The third-order valence-corrected chi connectivity index (χ3v) is 1.66. The van der Waals surface area contributed by atoms with Gasteiger partial charge in [0.25, 0.3) is 0 Å². The second kappa shape index (κ2) is 2.80. The van der Waals surface area contributed by atoms with Gasteiger partial charge in [0.2, 0.25) is 6.73 Å². The molecule has 1 N–H and O–H groups in total. The molecule has 0 aliphatic rings. The molecule has 1 aromatic heterocycles. The number of aryl methyl sites for hydroxylation is 2. The monoisotopic (exact) mass is 138 g/mol. The van der Waals surface area contributed by atoms with Crippen LogP contribution in [-0.2, 0) is 6.73 Å². The predicted octanol–water partition coefficient (Wildman–Crippen LogP) is 0.541. The summed E-state index contributed by atoms with van der Waals surface area (Å²) in [6.45, 7) is 4.14. The van der Waals surface area contributed by atoms with Crippen LogP contribution in [0.5, 0.6) is 0 Å². The molecule has 0 spiro atoms. The number of rotatable bonds is 1. The topological polar surface area (TPSA) is 24.1 Å². The number of aromatic nitrogens is 1. The minimum Gasteiger partial charge on any atom is -0.339 e. The summed E-state index contributed by atoms with van der Waals surface area (Å²) >= 11 is 0. The number of hydrogen-bond donors (Lipinski definition) is 1. The molecule has 0 aliphatic carbocycles. The number of aliphatic hydroxyl groups excluding tert-OH is 1. The highest BCUT2D eigenvalue weighted by molar-refractivity contribution is 5.16. The zero-order valence-electron chi connectivity index (χ0n) is 6.33. The van der Waals surface area contributed by atoms with E-state index >= 15 is 0 Å². The van der Waals surface area contributed by atoms with Crippen molar-refractivity contribution in [3.8, 4) is 0 Å². The van der Waals surface area contributed by atoms with E-state index in [0.717, 1.165) is 0 Å². The summed E-state index contributed by atoms with van der Waals surface area (Å²) in [5.41, 5.74) is 2.46. The van der Waals surface area contributed by atoms with E-state index in [9.17, 15) is 0 Å². The molecular weight excluding hydrogens is 126 g/mol. The lowest BCUT2D eigenvalue weighted by Crippen LogP contribution is -2.32. The van der Waals surface area contributed by atoms with Crippen LogP contribution in [-0.4, -0.2) is 5.11 Å². The molecule has 2 heteroatoms. The highest BCUT2D eigenvalue weighted by atomic mass is 16.3. The molecule has 0 unspecified atom stereocenters. The van der Waals surface area contributed by atoms with Crippen LogP contribution in [0.15, 0.2) is 18.5 Å². The van der Waals surface area contributed by atoms with Crippen LogP contribution in [0, 0.1) is 13.8 Å². The van der Waals surface area contributed by atoms with Crippen LogP contribution in [0.2, 0.25) is 0 Å². The van der Waals surface area contributed by atoms with Gasteiger partial charge in [-0.2, -0.15) is 4.57 Å². The van der Waals surface area contributed by atoms with E-state index in [-0.39, 0.29) is 6.73 Å². The fourth-order valence-electron chi connectivity index (χ4n) is 0.821. The van der Waals surface area contributed by atoms with Crippen molar-refractivity contribution in [3.63, 3.8) is 0 Å². The molecule has 0 radical (unpaired) electrons. The van der Waals surface area contributed by atoms with Gasteiger partial charge >= 0.3 is 0 Å². The lowest BCUT2D eigenvalue weighted by Gasteiger charge is -1.95. The zero-order chi connectivity index (χ0) is 7.56. The Morgan fingerprint density at radius 1 is 1.40 bits per heavy atom. The van der Waals surface area contributed by atoms with Crippen LogP contribution in [0.1, 0.15) is 11.1 Å². The quantitative estimate of drug-likeness (QED) is 0.563. The molecule has 0 saturated carbocycles. The van der Waals surface area contributed by atoms with E-state index in [0.29, 0.717) is 0 Å². The minimum absolute atomic E-state index is 0.0567. The Hall–Kier alpha value is -0.890. The van der Waals surface area contributed by atoms with Gasteiger partial charge in [-0.15, -0.1) is 0 Å². The Labute approximate surface area is 60.8 Å². The summed E-state index contributed by atoms with van der Waals surface area (Å²) in [7, 11) is 0. The highest BCUT2D eigenvalue weighted by Crippen LogP contribution is 1.99. The number of aliphatic hydroxyl groups is 1. The minimum atomic E-state index is 0.0567. The maximum atomic E-state index is 8.72. The predicted molar refractivity (Wildman–Crippen MR) is 38.3 cm³/mol. The first-order valence-corrected chi connectivity index (χ1v) is 3.31. The number of pyridine rings is 1. The van der Waals surface area contributed by atoms with E-state index < -0.39 is 0 Å². The number of hydrogen-bond acceptors (Lipinski definition) is 1. The van der Waals surface area contributed by atoms with Crippen LogP contribution >= 0.6 is 0 Å². The average molecular weight is 138 g/mol. The standard InChI is InChI=1S/C8H12NO/c1-7-3-4-9(6-10)5-8(7)2/h3-5,10H,6H2,1-2H3/q+1. The summed E-state index contributed by atoms with van der Waals surface area (Å²) in [4.78, 5) is 0. The van der Waals surface area contributed by atoms with Crippen molar-refractivity contribution in [3.05, 3.63) is 29.6 Å². The normalized spacial score (nSPS) is 9.90. The molecule has 54 valence electrons. The van der Waals surface area contributed by atoms with Crippen LogP contribution < -0.4 is 4.57 Å². The van der Waals surface area contributed by atoms with Gasteiger partial charge in [-0.1, -0.05) is 0 Å². The van der Waals surface area contributed by atoms with Crippen LogP contribution in [0.4, 0.5) is 0 Å². The van der Waals surface area contributed by atoms with Gasteiger partial charge in [0.15, 0.2) is 12.4 Å². The summed E-state index contributed by atoms with van der Waals surface area (Å²) in [5, 5.41) is 8.72. The highest BCUT2D eigenvalue weighted by Gasteiger charge is 1.98. The zero-order valence-corrected chi connectivity index (χ0v) is 6.33. The third kappa shape index (κ3) is 1.33. The molecule has 0 saturated heterocycles. The second-order valence-electron chi connectivity index (χ2n) is 2.47. The van der Waals surface area contributed by atoms with Crippen LogP contribution in [0.25, 0.3) is 0 Å². The molecule has 0 fully saturated rings. The summed E-state index contributed by atoms with van der Waals surface area (Å²) in [6.07, 6.45) is 3.79. The van der Waals surface area contributed by atoms with Crippen LogP contribution in [0.3, 0.4) is 0 Å². The molecule has 10 heavy (non-hydrogen) atoms. The van der Waals surface area contributed by atoms with Gasteiger partial charge in [0, 0.05) is 11.6 Å². The fraction of sp³-hybridized carbons (Fsp3) is 0.375. The van der Waals surface area contributed by atoms with Gasteiger partial charge < -0.3 is 5.11 Å². The van der Waals surface area contributed by atoms with Crippen molar-refractivity contribution in [1.29, 1.82) is 0 Å². The van der Waals surface area contributed by atoms with E-state index in [1.54, 1.807) is 4.57 Å². The smallest absolute Gasteiger partial charge is 0.250 e. The van der Waals surface area contributed by atoms with Crippen molar-refractivity contribution >= 4 is 0 Å². The van der Waals surface area contributed by atoms with E-state index in [1.807, 2.05) is 25.4 Å². The molecule has 0 bridgehead atoms. The summed E-state index contributed by atoms with van der Waals surface area (Å²) in [6, 6.07) is 1.99. The second-order valence-corrected chi connectivity index (χ2v) is 2.47. The third-order valence-electron chi connectivity index (χ3n) is 1.66. The van der Waals surface area contributed by atoms with Gasteiger partial charge in [-0.3, -0.25) is 0 Å². The lowest BCUT2D eigenvalue weighted by atomic mass is 10.2. The Balaban J connectivity index is 3.04. The van der Waals surface area contributed by atoms with E-state index in [4.69, 9.17) is 5.11 Å². The first-order valence-electron chi connectivity index (χ1n) is 3.31. The molecule has 1 aromatic rings. The maximum Gasteiger partial charge on any atom is 0.250 e. The van der Waals surface area contributed by atoms with Crippen molar-refractivity contribution in [2.45, 2.75) is 20.6 Å². The Kier molecular flexibility index (Phi) is 2.02. The van der Waals surface area contributed by atoms with Crippen molar-refractivity contribution in [1.82, 2.24) is 0 Å². The van der Waals surface area contributed by atoms with Gasteiger partial charge in [0.05, 0.1) is 0 Å². The van der Waals surface area contributed by atoms with Crippen molar-refractivity contribution in [2.24, 2.45) is 0 Å². The average Bonchev–Trinajstić information content (AvgIpc) is 1.95. The maximum absolute atomic E-state index is 8.72. The Morgan fingerprint density at radius 3 is 2.60 bits per heavy atom. The van der Waals surface area contributed by atoms with Crippen molar-refractivity contribution in [2.75, 3.05) is 0 Å². The Bertz CT molecular complexity index is 233. The van der Waals surface area contributed by atoms with E-state index in [1.165, 1.54) is 11.1 Å². The molecular formula is C8H12NO+. The molecule has 2 nitrogen and oxygen atoms in total. The molecule has 1 heterocycles. The molecule has 1 rings (SSSR count).